The average molecular weight is 280 g/mol. The summed E-state index contributed by atoms with van der Waals surface area (Å²) in [7, 11) is 0. The second kappa shape index (κ2) is 5.98. The fourth-order valence-corrected chi connectivity index (χ4v) is 3.65. The van der Waals surface area contributed by atoms with Crippen LogP contribution in [0.15, 0.2) is 11.6 Å². The Balaban J connectivity index is 1.63. The summed E-state index contributed by atoms with van der Waals surface area (Å²) in [4.78, 5) is 18.9. The number of carbonyl (C=O) groups is 1. The lowest BCUT2D eigenvalue weighted by atomic mass is 10.0. The molecule has 1 amide bonds. The summed E-state index contributed by atoms with van der Waals surface area (Å²) in [5.74, 6) is 0.117. The number of nitrogens with one attached hydrogen (secondary N) is 2. The Labute approximate surface area is 117 Å². The molecule has 1 aromatic heterocycles. The first-order valence-corrected chi connectivity index (χ1v) is 7.89. The smallest absolute Gasteiger partial charge is 0.243 e. The van der Waals surface area contributed by atoms with Crippen LogP contribution < -0.4 is 10.6 Å². The number of thiazole rings is 1. The second-order valence-corrected chi connectivity index (χ2v) is 6.10. The van der Waals surface area contributed by atoms with E-state index in [4.69, 9.17) is 0 Å². The summed E-state index contributed by atoms with van der Waals surface area (Å²) >= 11 is 1.48. The summed E-state index contributed by atoms with van der Waals surface area (Å²) in [6.07, 6.45) is 6.13. The van der Waals surface area contributed by atoms with E-state index in [-0.39, 0.29) is 11.9 Å². The van der Waals surface area contributed by atoms with Crippen LogP contribution in [-0.2, 0) is 4.79 Å². The Morgan fingerprint density at radius 1 is 1.42 bits per heavy atom. The number of piperidine rings is 1. The lowest BCUT2D eigenvalue weighted by molar-refractivity contribution is -0.121. The molecule has 0 bridgehead atoms. The highest BCUT2D eigenvalue weighted by molar-refractivity contribution is 7.13. The molecule has 6 heteroatoms. The highest BCUT2D eigenvalue weighted by Crippen LogP contribution is 2.25. The maximum atomic E-state index is 12.4. The van der Waals surface area contributed by atoms with Crippen LogP contribution in [0.4, 0.5) is 5.13 Å². The predicted molar refractivity (Wildman–Crippen MR) is 76.4 cm³/mol. The zero-order chi connectivity index (χ0) is 13.1. The van der Waals surface area contributed by atoms with Crippen LogP contribution in [0.25, 0.3) is 0 Å². The van der Waals surface area contributed by atoms with Gasteiger partial charge in [0.05, 0.1) is 6.04 Å². The molecule has 2 saturated heterocycles. The van der Waals surface area contributed by atoms with Crippen molar-refractivity contribution in [3.8, 4) is 0 Å². The number of nitrogens with zero attached hydrogens (tertiary/aromatic N) is 2. The van der Waals surface area contributed by atoms with Crippen LogP contribution in [0.5, 0.6) is 0 Å². The molecule has 0 spiro atoms. The molecule has 0 saturated carbocycles. The van der Waals surface area contributed by atoms with E-state index in [1.165, 1.54) is 11.3 Å². The molecule has 2 aliphatic rings. The van der Waals surface area contributed by atoms with Gasteiger partial charge in [0.25, 0.3) is 0 Å². The molecule has 104 valence electrons. The molecule has 19 heavy (non-hydrogen) atoms. The van der Waals surface area contributed by atoms with Crippen LogP contribution in [0.1, 0.15) is 25.7 Å². The average Bonchev–Trinajstić information content (AvgIpc) is 3.10. The van der Waals surface area contributed by atoms with Gasteiger partial charge >= 0.3 is 0 Å². The van der Waals surface area contributed by atoms with Crippen LogP contribution in [0.2, 0.25) is 0 Å². The van der Waals surface area contributed by atoms with Gasteiger partial charge in [0.2, 0.25) is 5.91 Å². The maximum Gasteiger partial charge on any atom is 0.243 e. The van der Waals surface area contributed by atoms with E-state index in [1.54, 1.807) is 6.20 Å². The number of carbonyl (C=O) groups excluding carboxylic acids is 1. The molecular formula is C13H20N4OS. The molecule has 5 nitrogen and oxygen atoms in total. The van der Waals surface area contributed by atoms with Gasteiger partial charge in [-0.3, -0.25) is 9.69 Å². The van der Waals surface area contributed by atoms with E-state index in [2.05, 4.69) is 20.5 Å². The predicted octanol–water partition coefficient (Wildman–Crippen LogP) is 1.30. The van der Waals surface area contributed by atoms with Gasteiger partial charge in [-0.15, -0.1) is 11.3 Å². The summed E-state index contributed by atoms with van der Waals surface area (Å²) in [5.41, 5.74) is 0. The van der Waals surface area contributed by atoms with Crippen molar-refractivity contribution in [3.63, 3.8) is 0 Å². The van der Waals surface area contributed by atoms with Gasteiger partial charge in [-0.1, -0.05) is 0 Å². The molecule has 0 aliphatic carbocycles. The van der Waals surface area contributed by atoms with Gasteiger partial charge < -0.3 is 10.6 Å². The minimum Gasteiger partial charge on any atom is -0.317 e. The van der Waals surface area contributed by atoms with Gasteiger partial charge in [-0.25, -0.2) is 4.98 Å². The number of hydrogen-bond donors (Lipinski definition) is 2. The van der Waals surface area contributed by atoms with E-state index < -0.39 is 0 Å². The van der Waals surface area contributed by atoms with E-state index in [1.807, 2.05) is 5.38 Å². The quantitative estimate of drug-likeness (QED) is 0.876. The first kappa shape index (κ1) is 13.0. The highest BCUT2D eigenvalue weighted by atomic mass is 32.1. The van der Waals surface area contributed by atoms with Crippen LogP contribution in [0, 0.1) is 0 Å². The molecule has 3 rings (SSSR count). The van der Waals surface area contributed by atoms with Gasteiger partial charge in [0.1, 0.15) is 0 Å². The fourth-order valence-electron chi connectivity index (χ4n) is 3.12. The molecule has 2 fully saturated rings. The number of anilines is 1. The molecule has 3 heterocycles. The van der Waals surface area contributed by atoms with Crippen molar-refractivity contribution >= 4 is 22.4 Å². The van der Waals surface area contributed by atoms with Gasteiger partial charge in [-0.2, -0.15) is 0 Å². The van der Waals surface area contributed by atoms with Gasteiger partial charge in [-0.05, 0) is 45.3 Å². The van der Waals surface area contributed by atoms with Crippen LogP contribution >= 0.6 is 11.3 Å². The summed E-state index contributed by atoms with van der Waals surface area (Å²) < 4.78 is 0. The summed E-state index contributed by atoms with van der Waals surface area (Å²) in [6, 6.07) is 0.600. The monoisotopic (exact) mass is 280 g/mol. The van der Waals surface area contributed by atoms with E-state index in [0.717, 1.165) is 45.3 Å². The molecule has 0 aromatic carbocycles. The fraction of sp³-hybridized carbons (Fsp3) is 0.692. The molecule has 2 aliphatic heterocycles. The normalized spacial score (nSPS) is 25.6. The van der Waals surface area contributed by atoms with Crippen molar-refractivity contribution in [3.05, 3.63) is 11.6 Å². The Kier molecular flexibility index (Phi) is 4.10. The first-order valence-electron chi connectivity index (χ1n) is 7.01. The minimum absolute atomic E-state index is 0.0343. The zero-order valence-electron chi connectivity index (χ0n) is 11.0. The van der Waals surface area contributed by atoms with Crippen molar-refractivity contribution < 1.29 is 4.79 Å². The third kappa shape index (κ3) is 2.96. The summed E-state index contributed by atoms with van der Waals surface area (Å²) in [6.45, 7) is 3.20. The van der Waals surface area contributed by atoms with E-state index >= 15 is 0 Å². The highest BCUT2D eigenvalue weighted by Gasteiger charge is 2.35. The largest absolute Gasteiger partial charge is 0.317 e. The SMILES string of the molecule is O=C(Nc1nccs1)C1CCCN1C1CCNCC1. The number of likely N-dealkylation sites (tertiary alicyclic amines) is 1. The molecule has 0 radical (unpaired) electrons. The standard InChI is InChI=1S/C13H20N4OS/c18-12(16-13-15-7-9-19-13)11-2-1-8-17(11)10-3-5-14-6-4-10/h7,9-11,14H,1-6,8H2,(H,15,16,18). The molecule has 2 N–H and O–H groups in total. The Morgan fingerprint density at radius 2 is 2.26 bits per heavy atom. The first-order chi connectivity index (χ1) is 9.34. The molecule has 1 unspecified atom stereocenters. The Morgan fingerprint density at radius 3 is 3.00 bits per heavy atom. The van der Waals surface area contributed by atoms with Crippen molar-refractivity contribution in [2.75, 3.05) is 25.0 Å². The third-order valence-electron chi connectivity index (χ3n) is 4.04. The lowest BCUT2D eigenvalue weighted by Crippen LogP contribution is -2.49. The number of rotatable bonds is 3. The van der Waals surface area contributed by atoms with Crippen LogP contribution in [-0.4, -0.2) is 47.5 Å². The maximum absolute atomic E-state index is 12.4. The topological polar surface area (TPSA) is 57.3 Å². The van der Waals surface area contributed by atoms with Crippen LogP contribution in [0.3, 0.4) is 0 Å². The number of hydrogen-bond acceptors (Lipinski definition) is 5. The van der Waals surface area contributed by atoms with E-state index in [0.29, 0.717) is 11.2 Å². The third-order valence-corrected chi connectivity index (χ3v) is 4.73. The Hall–Kier alpha value is -0.980. The molecule has 1 atom stereocenters. The zero-order valence-corrected chi connectivity index (χ0v) is 11.8. The Bertz CT molecular complexity index is 416. The van der Waals surface area contributed by atoms with Gasteiger partial charge in [0, 0.05) is 17.6 Å². The van der Waals surface area contributed by atoms with Crippen molar-refractivity contribution in [2.45, 2.75) is 37.8 Å². The lowest BCUT2D eigenvalue weighted by Gasteiger charge is -2.35. The number of aromatic nitrogens is 1. The van der Waals surface area contributed by atoms with Gasteiger partial charge in [0.15, 0.2) is 5.13 Å². The second-order valence-electron chi connectivity index (χ2n) is 5.20. The molecule has 1 aromatic rings. The van der Waals surface area contributed by atoms with Crippen molar-refractivity contribution in [1.82, 2.24) is 15.2 Å². The minimum atomic E-state index is 0.0343. The number of amides is 1. The van der Waals surface area contributed by atoms with E-state index in [9.17, 15) is 4.79 Å². The van der Waals surface area contributed by atoms with Crippen molar-refractivity contribution in [1.29, 1.82) is 0 Å². The molecular weight excluding hydrogens is 260 g/mol. The van der Waals surface area contributed by atoms with Crippen molar-refractivity contribution in [2.24, 2.45) is 0 Å². The summed E-state index contributed by atoms with van der Waals surface area (Å²) in [5, 5.41) is 8.92.